The molecule has 0 saturated heterocycles. The minimum atomic E-state index is 0.180. The first-order valence-corrected chi connectivity index (χ1v) is 5.68. The molecule has 0 atom stereocenters. The first-order valence-electron chi connectivity index (χ1n) is 5.68. The van der Waals surface area contributed by atoms with Gasteiger partial charge >= 0.3 is 0 Å². The van der Waals surface area contributed by atoms with Crippen molar-refractivity contribution in [2.24, 2.45) is 0 Å². The number of hydrogen-bond donors (Lipinski definition) is 0. The molecule has 0 bridgehead atoms. The van der Waals surface area contributed by atoms with E-state index in [2.05, 4.69) is 63.7 Å². The quantitative estimate of drug-likeness (QED) is 0.635. The third kappa shape index (κ3) is 1.88. The minimum absolute atomic E-state index is 0.180. The molecule has 0 aromatic heterocycles. The van der Waals surface area contributed by atoms with Crippen molar-refractivity contribution in [1.29, 1.82) is 0 Å². The average Bonchev–Trinajstić information content (AvgIpc) is 2.26. The molecule has 0 aliphatic rings. The number of benzene rings is 2. The van der Waals surface area contributed by atoms with Gasteiger partial charge in [0.2, 0.25) is 0 Å². The van der Waals surface area contributed by atoms with E-state index in [1.165, 1.54) is 21.9 Å². The van der Waals surface area contributed by atoms with Crippen LogP contribution in [0.4, 0.5) is 0 Å². The van der Waals surface area contributed by atoms with E-state index in [4.69, 9.17) is 0 Å². The monoisotopic (exact) mass is 210 g/mol. The Bertz CT molecular complexity index is 527. The molecular formula is C16H18. The Hall–Kier alpha value is -1.56. The van der Waals surface area contributed by atoms with Crippen LogP contribution in [0, 0.1) is 0 Å². The first-order chi connectivity index (χ1) is 7.52. The van der Waals surface area contributed by atoms with E-state index in [1.807, 2.05) is 6.08 Å². The van der Waals surface area contributed by atoms with Crippen LogP contribution < -0.4 is 0 Å². The highest BCUT2D eigenvalue weighted by Gasteiger charge is 2.16. The molecule has 0 fully saturated rings. The van der Waals surface area contributed by atoms with Gasteiger partial charge in [0.15, 0.2) is 0 Å². The summed E-state index contributed by atoms with van der Waals surface area (Å²) in [5.41, 5.74) is 2.76. The molecular weight excluding hydrogens is 192 g/mol. The van der Waals surface area contributed by atoms with Gasteiger partial charge in [0, 0.05) is 0 Å². The molecule has 0 amide bonds. The van der Waals surface area contributed by atoms with Gasteiger partial charge in [-0.2, -0.15) is 0 Å². The van der Waals surface area contributed by atoms with Crippen molar-refractivity contribution in [3.8, 4) is 0 Å². The zero-order valence-corrected chi connectivity index (χ0v) is 10.2. The third-order valence-corrected chi connectivity index (χ3v) is 2.95. The summed E-state index contributed by atoms with van der Waals surface area (Å²) in [7, 11) is 0. The second-order valence-electron chi connectivity index (χ2n) is 5.24. The van der Waals surface area contributed by atoms with Crippen molar-refractivity contribution in [3.63, 3.8) is 0 Å². The molecule has 0 aliphatic carbocycles. The SMILES string of the molecule is C=Cc1ccc2cccc(C(C)(C)C)c2c1. The zero-order valence-electron chi connectivity index (χ0n) is 10.2. The summed E-state index contributed by atoms with van der Waals surface area (Å²) in [6.07, 6.45) is 1.90. The van der Waals surface area contributed by atoms with Crippen LogP contribution in [0.5, 0.6) is 0 Å². The molecule has 0 N–H and O–H groups in total. The van der Waals surface area contributed by atoms with E-state index >= 15 is 0 Å². The summed E-state index contributed by atoms with van der Waals surface area (Å²) in [5, 5.41) is 2.64. The maximum Gasteiger partial charge on any atom is -0.0126 e. The predicted molar refractivity (Wildman–Crippen MR) is 72.7 cm³/mol. The molecule has 0 nitrogen and oxygen atoms in total. The molecule has 0 spiro atoms. The zero-order chi connectivity index (χ0) is 11.8. The second kappa shape index (κ2) is 3.79. The molecule has 0 heteroatoms. The lowest BCUT2D eigenvalue weighted by molar-refractivity contribution is 0.596. The fraction of sp³-hybridized carbons (Fsp3) is 0.250. The predicted octanol–water partition coefficient (Wildman–Crippen LogP) is 4.78. The van der Waals surface area contributed by atoms with Crippen molar-refractivity contribution >= 4 is 16.8 Å². The van der Waals surface area contributed by atoms with E-state index in [0.29, 0.717) is 0 Å². The smallest absolute Gasteiger partial charge is 0.0126 e. The van der Waals surface area contributed by atoms with Gasteiger partial charge in [-0.15, -0.1) is 0 Å². The highest BCUT2D eigenvalue weighted by Crippen LogP contribution is 2.30. The molecule has 2 aromatic carbocycles. The molecule has 82 valence electrons. The van der Waals surface area contributed by atoms with E-state index in [0.717, 1.165) is 0 Å². The maximum atomic E-state index is 3.83. The standard InChI is InChI=1S/C16H18/c1-5-12-9-10-13-7-6-8-15(14(13)11-12)16(2,3)4/h5-11H,1H2,2-4H3. The summed E-state index contributed by atoms with van der Waals surface area (Å²) in [4.78, 5) is 0. The van der Waals surface area contributed by atoms with Crippen LogP contribution in [-0.2, 0) is 5.41 Å². The van der Waals surface area contributed by atoms with E-state index in [-0.39, 0.29) is 5.41 Å². The summed E-state index contributed by atoms with van der Waals surface area (Å²) >= 11 is 0. The Labute approximate surface area is 97.6 Å². The Kier molecular flexibility index (Phi) is 2.59. The molecule has 0 aliphatic heterocycles. The lowest BCUT2D eigenvalue weighted by Crippen LogP contribution is -2.11. The van der Waals surface area contributed by atoms with Crippen LogP contribution in [0.15, 0.2) is 43.0 Å². The Balaban J connectivity index is 2.79. The van der Waals surface area contributed by atoms with Gasteiger partial charge in [0.25, 0.3) is 0 Å². The van der Waals surface area contributed by atoms with Gasteiger partial charge in [-0.3, -0.25) is 0 Å². The normalized spacial score (nSPS) is 11.7. The highest BCUT2D eigenvalue weighted by atomic mass is 14.2. The van der Waals surface area contributed by atoms with Crippen molar-refractivity contribution in [3.05, 3.63) is 54.1 Å². The molecule has 0 unspecified atom stereocenters. The van der Waals surface area contributed by atoms with Crippen molar-refractivity contribution in [2.45, 2.75) is 26.2 Å². The van der Waals surface area contributed by atoms with Gasteiger partial charge in [-0.1, -0.05) is 63.8 Å². The van der Waals surface area contributed by atoms with Crippen molar-refractivity contribution in [1.82, 2.24) is 0 Å². The van der Waals surface area contributed by atoms with Crippen LogP contribution in [-0.4, -0.2) is 0 Å². The molecule has 0 heterocycles. The Morgan fingerprint density at radius 2 is 1.81 bits per heavy atom. The Morgan fingerprint density at radius 3 is 2.44 bits per heavy atom. The van der Waals surface area contributed by atoms with Crippen LogP contribution in [0.25, 0.3) is 16.8 Å². The van der Waals surface area contributed by atoms with E-state index in [1.54, 1.807) is 0 Å². The minimum Gasteiger partial charge on any atom is -0.0985 e. The summed E-state index contributed by atoms with van der Waals surface area (Å²) in [5.74, 6) is 0. The van der Waals surface area contributed by atoms with Gasteiger partial charge in [-0.25, -0.2) is 0 Å². The molecule has 16 heavy (non-hydrogen) atoms. The molecule has 0 radical (unpaired) electrons. The van der Waals surface area contributed by atoms with Crippen molar-refractivity contribution in [2.75, 3.05) is 0 Å². The van der Waals surface area contributed by atoms with E-state index < -0.39 is 0 Å². The Morgan fingerprint density at radius 1 is 1.06 bits per heavy atom. The van der Waals surface area contributed by atoms with Crippen molar-refractivity contribution < 1.29 is 0 Å². The van der Waals surface area contributed by atoms with E-state index in [9.17, 15) is 0 Å². The molecule has 2 aromatic rings. The van der Waals surface area contributed by atoms with Gasteiger partial charge in [0.1, 0.15) is 0 Å². The van der Waals surface area contributed by atoms with Gasteiger partial charge in [-0.05, 0) is 33.4 Å². The summed E-state index contributed by atoms with van der Waals surface area (Å²) in [6, 6.07) is 13.0. The largest absolute Gasteiger partial charge is 0.0985 e. The lowest BCUT2D eigenvalue weighted by atomic mass is 9.83. The lowest BCUT2D eigenvalue weighted by Gasteiger charge is -2.21. The van der Waals surface area contributed by atoms with Gasteiger partial charge in [0.05, 0.1) is 0 Å². The average molecular weight is 210 g/mol. The topological polar surface area (TPSA) is 0 Å². The number of hydrogen-bond acceptors (Lipinski definition) is 0. The first kappa shape index (κ1) is 10.9. The summed E-state index contributed by atoms with van der Waals surface area (Å²) in [6.45, 7) is 10.6. The summed E-state index contributed by atoms with van der Waals surface area (Å²) < 4.78 is 0. The molecule has 2 rings (SSSR count). The van der Waals surface area contributed by atoms with Gasteiger partial charge < -0.3 is 0 Å². The van der Waals surface area contributed by atoms with Crippen LogP contribution in [0.3, 0.4) is 0 Å². The van der Waals surface area contributed by atoms with Crippen LogP contribution in [0.2, 0.25) is 0 Å². The second-order valence-corrected chi connectivity index (χ2v) is 5.24. The molecule has 0 saturated carbocycles. The number of fused-ring (bicyclic) bond motifs is 1. The maximum absolute atomic E-state index is 3.83. The fourth-order valence-electron chi connectivity index (χ4n) is 2.07. The fourth-order valence-corrected chi connectivity index (χ4v) is 2.07. The third-order valence-electron chi connectivity index (χ3n) is 2.95. The van der Waals surface area contributed by atoms with Crippen LogP contribution in [0.1, 0.15) is 31.9 Å². The number of rotatable bonds is 1. The highest BCUT2D eigenvalue weighted by molar-refractivity contribution is 5.88. The van der Waals surface area contributed by atoms with Crippen LogP contribution >= 0.6 is 0 Å².